The van der Waals surface area contributed by atoms with Crippen LogP contribution >= 0.6 is 11.8 Å². The average molecular weight is 371 g/mol. The van der Waals surface area contributed by atoms with Crippen molar-refractivity contribution in [3.05, 3.63) is 30.3 Å². The lowest BCUT2D eigenvalue weighted by Gasteiger charge is -2.29. The van der Waals surface area contributed by atoms with Crippen LogP contribution in [0.5, 0.6) is 0 Å². The molecule has 2 rings (SSSR count). The van der Waals surface area contributed by atoms with Crippen molar-refractivity contribution in [3.8, 4) is 0 Å². The van der Waals surface area contributed by atoms with E-state index in [1.54, 1.807) is 0 Å². The Balaban J connectivity index is 1.90. The first-order valence-electron chi connectivity index (χ1n) is 8.25. The van der Waals surface area contributed by atoms with Gasteiger partial charge in [0.15, 0.2) is 0 Å². The molecule has 1 aromatic carbocycles. The van der Waals surface area contributed by atoms with Crippen LogP contribution in [0.15, 0.2) is 35.2 Å². The van der Waals surface area contributed by atoms with Crippen LogP contribution in [0.1, 0.15) is 32.1 Å². The molecule has 1 aliphatic carbocycles. The second-order valence-electron chi connectivity index (χ2n) is 6.55. The van der Waals surface area contributed by atoms with Crippen LogP contribution in [0.3, 0.4) is 0 Å². The van der Waals surface area contributed by atoms with Gasteiger partial charge >= 0.3 is 0 Å². The number of benzene rings is 1. The second-order valence-corrected chi connectivity index (χ2v) is 10.3. The Kier molecular flexibility index (Phi) is 6.71. The summed E-state index contributed by atoms with van der Waals surface area (Å²) >= 11 is 1.82. The molecule has 0 radical (unpaired) electrons. The van der Waals surface area contributed by atoms with E-state index in [9.17, 15) is 13.2 Å². The Morgan fingerprint density at radius 3 is 2.50 bits per heavy atom. The predicted octanol–water partition coefficient (Wildman–Crippen LogP) is 1.97. The molecular formula is C17H26N2O3S2. The van der Waals surface area contributed by atoms with E-state index < -0.39 is 15.9 Å². The molecule has 0 saturated heterocycles. The molecule has 1 fully saturated rings. The lowest BCUT2D eigenvalue weighted by Crippen LogP contribution is -2.46. The SMILES string of the molecule is CS(=O)(=O)CCC(N)C(=O)NCC1(Sc2ccccc2)CCCC1. The monoisotopic (exact) mass is 370 g/mol. The Bertz CT molecular complexity index is 641. The second kappa shape index (κ2) is 8.36. The maximum atomic E-state index is 12.2. The van der Waals surface area contributed by atoms with E-state index in [0.717, 1.165) is 31.9 Å². The van der Waals surface area contributed by atoms with E-state index in [1.165, 1.54) is 4.90 Å². The molecule has 0 heterocycles. The van der Waals surface area contributed by atoms with E-state index in [4.69, 9.17) is 5.73 Å². The molecule has 1 amide bonds. The number of thioether (sulfide) groups is 1. The zero-order valence-corrected chi connectivity index (χ0v) is 15.7. The van der Waals surface area contributed by atoms with Crippen molar-refractivity contribution in [2.45, 2.75) is 47.8 Å². The van der Waals surface area contributed by atoms with Gasteiger partial charge in [-0.2, -0.15) is 0 Å². The van der Waals surface area contributed by atoms with Crippen molar-refractivity contribution in [1.82, 2.24) is 5.32 Å². The first-order valence-corrected chi connectivity index (χ1v) is 11.1. The Morgan fingerprint density at radius 1 is 1.29 bits per heavy atom. The fraction of sp³-hybridized carbons (Fsp3) is 0.588. The number of nitrogens with two attached hydrogens (primary N) is 1. The first kappa shape index (κ1) is 19.3. The number of hydrogen-bond acceptors (Lipinski definition) is 5. The number of sulfone groups is 1. The van der Waals surface area contributed by atoms with Crippen LogP contribution in [-0.4, -0.2) is 43.7 Å². The number of amides is 1. The van der Waals surface area contributed by atoms with Crippen molar-refractivity contribution in [2.75, 3.05) is 18.6 Å². The Hall–Kier alpha value is -1.05. The standard InChI is InChI=1S/C17H26N2O3S2/c1-24(21,22)12-9-15(18)16(20)19-13-17(10-5-6-11-17)23-14-7-3-2-4-8-14/h2-4,7-8,15H,5-6,9-13,18H2,1H3,(H,19,20). The molecule has 134 valence electrons. The molecule has 0 spiro atoms. The minimum atomic E-state index is -3.10. The average Bonchev–Trinajstić information content (AvgIpc) is 2.99. The quantitative estimate of drug-likeness (QED) is 0.730. The molecule has 0 aromatic heterocycles. The van der Waals surface area contributed by atoms with Crippen molar-refractivity contribution in [2.24, 2.45) is 5.73 Å². The highest BCUT2D eigenvalue weighted by Gasteiger charge is 2.35. The number of carbonyl (C=O) groups is 1. The van der Waals surface area contributed by atoms with E-state index >= 15 is 0 Å². The summed E-state index contributed by atoms with van der Waals surface area (Å²) in [5.41, 5.74) is 5.82. The molecule has 0 bridgehead atoms. The van der Waals surface area contributed by atoms with E-state index in [2.05, 4.69) is 17.4 Å². The third kappa shape index (κ3) is 6.11. The molecule has 24 heavy (non-hydrogen) atoms. The third-order valence-electron chi connectivity index (χ3n) is 4.31. The summed E-state index contributed by atoms with van der Waals surface area (Å²) in [5.74, 6) is -0.329. The van der Waals surface area contributed by atoms with Gasteiger partial charge in [-0.3, -0.25) is 4.79 Å². The van der Waals surface area contributed by atoms with E-state index in [-0.39, 0.29) is 22.8 Å². The zero-order valence-electron chi connectivity index (χ0n) is 14.0. The van der Waals surface area contributed by atoms with Crippen LogP contribution in [0.2, 0.25) is 0 Å². The summed E-state index contributed by atoms with van der Waals surface area (Å²) in [4.78, 5) is 13.4. The topological polar surface area (TPSA) is 89.3 Å². The van der Waals surface area contributed by atoms with Crippen molar-refractivity contribution < 1.29 is 13.2 Å². The molecule has 3 N–H and O–H groups in total. The van der Waals surface area contributed by atoms with Gasteiger partial charge in [-0.15, -0.1) is 11.8 Å². The lowest BCUT2D eigenvalue weighted by atomic mass is 10.1. The van der Waals surface area contributed by atoms with Crippen LogP contribution < -0.4 is 11.1 Å². The molecule has 1 unspecified atom stereocenters. The van der Waals surface area contributed by atoms with Crippen molar-refractivity contribution >= 4 is 27.5 Å². The van der Waals surface area contributed by atoms with E-state index in [0.29, 0.717) is 6.54 Å². The number of hydrogen-bond donors (Lipinski definition) is 2. The minimum absolute atomic E-state index is 0.00751. The molecule has 1 saturated carbocycles. The van der Waals surface area contributed by atoms with Gasteiger partial charge in [-0.25, -0.2) is 8.42 Å². The predicted molar refractivity (Wildman–Crippen MR) is 98.8 cm³/mol. The van der Waals surface area contributed by atoms with Crippen molar-refractivity contribution in [1.29, 1.82) is 0 Å². The van der Waals surface area contributed by atoms with Crippen molar-refractivity contribution in [3.63, 3.8) is 0 Å². The van der Waals surface area contributed by atoms with Gasteiger partial charge < -0.3 is 11.1 Å². The van der Waals surface area contributed by atoms with Gasteiger partial charge in [0.1, 0.15) is 9.84 Å². The van der Waals surface area contributed by atoms with Gasteiger partial charge in [-0.1, -0.05) is 31.0 Å². The first-order chi connectivity index (χ1) is 11.3. The Morgan fingerprint density at radius 2 is 1.92 bits per heavy atom. The summed E-state index contributed by atoms with van der Waals surface area (Å²) in [7, 11) is -3.10. The zero-order chi connectivity index (χ0) is 17.6. The number of nitrogens with one attached hydrogen (secondary N) is 1. The molecule has 7 heteroatoms. The van der Waals surface area contributed by atoms with Gasteiger partial charge in [0.2, 0.25) is 5.91 Å². The molecule has 0 aliphatic heterocycles. The smallest absolute Gasteiger partial charge is 0.236 e. The maximum absolute atomic E-state index is 12.2. The van der Waals surface area contributed by atoms with Crippen LogP contribution in [-0.2, 0) is 14.6 Å². The summed E-state index contributed by atoms with van der Waals surface area (Å²) < 4.78 is 22.4. The normalized spacial score (nSPS) is 18.2. The largest absolute Gasteiger partial charge is 0.353 e. The van der Waals surface area contributed by atoms with Crippen LogP contribution in [0.25, 0.3) is 0 Å². The van der Waals surface area contributed by atoms with Gasteiger partial charge in [0.05, 0.1) is 11.8 Å². The minimum Gasteiger partial charge on any atom is -0.353 e. The molecule has 5 nitrogen and oxygen atoms in total. The lowest BCUT2D eigenvalue weighted by molar-refractivity contribution is -0.122. The number of carbonyl (C=O) groups excluding carboxylic acids is 1. The summed E-state index contributed by atoms with van der Waals surface area (Å²) in [6, 6.07) is 9.43. The highest BCUT2D eigenvalue weighted by atomic mass is 32.2. The highest BCUT2D eigenvalue weighted by molar-refractivity contribution is 8.00. The molecule has 1 atom stereocenters. The van der Waals surface area contributed by atoms with Crippen LogP contribution in [0, 0.1) is 0 Å². The third-order valence-corrected chi connectivity index (χ3v) is 6.78. The fourth-order valence-corrected chi connectivity index (χ4v) is 5.04. The Labute approximate surface area is 148 Å². The molecule has 1 aromatic rings. The summed E-state index contributed by atoms with van der Waals surface area (Å²) in [5, 5.41) is 2.94. The molecule has 1 aliphatic rings. The van der Waals surface area contributed by atoms with Gasteiger partial charge in [-0.05, 0) is 31.4 Å². The van der Waals surface area contributed by atoms with E-state index in [1.807, 2.05) is 30.0 Å². The summed E-state index contributed by atoms with van der Waals surface area (Å²) in [6.07, 6.45) is 5.76. The van der Waals surface area contributed by atoms with Gasteiger partial charge in [0, 0.05) is 22.4 Å². The van der Waals surface area contributed by atoms with Gasteiger partial charge in [0.25, 0.3) is 0 Å². The summed E-state index contributed by atoms with van der Waals surface area (Å²) in [6.45, 7) is 0.567. The highest BCUT2D eigenvalue weighted by Crippen LogP contribution is 2.44. The van der Waals surface area contributed by atoms with Crippen LogP contribution in [0.4, 0.5) is 0 Å². The molecular weight excluding hydrogens is 344 g/mol. The number of rotatable bonds is 8. The fourth-order valence-electron chi connectivity index (χ4n) is 2.92. The maximum Gasteiger partial charge on any atom is 0.236 e.